The van der Waals surface area contributed by atoms with E-state index in [1.165, 1.54) is 0 Å². The fourth-order valence-corrected chi connectivity index (χ4v) is 1.30. The SMILES string of the molecule is CC(CNc1cc(Br)ncn1)C(C)(C)C. The van der Waals surface area contributed by atoms with Gasteiger partial charge in [-0.1, -0.05) is 27.7 Å². The molecule has 4 heteroatoms. The van der Waals surface area contributed by atoms with E-state index in [1.54, 1.807) is 6.33 Å². The highest BCUT2D eigenvalue weighted by atomic mass is 79.9. The summed E-state index contributed by atoms with van der Waals surface area (Å²) in [6, 6.07) is 1.88. The molecule has 0 radical (unpaired) electrons. The molecule has 84 valence electrons. The molecule has 0 bridgehead atoms. The zero-order valence-corrected chi connectivity index (χ0v) is 11.3. The summed E-state index contributed by atoms with van der Waals surface area (Å²) in [7, 11) is 0. The average Bonchev–Trinajstić information content (AvgIpc) is 2.12. The fraction of sp³-hybridized carbons (Fsp3) is 0.636. The summed E-state index contributed by atoms with van der Waals surface area (Å²) < 4.78 is 0.809. The second kappa shape index (κ2) is 4.92. The number of aromatic nitrogens is 2. The molecule has 1 aromatic rings. The van der Waals surface area contributed by atoms with Crippen molar-refractivity contribution in [3.05, 3.63) is 17.0 Å². The van der Waals surface area contributed by atoms with Crippen molar-refractivity contribution in [2.75, 3.05) is 11.9 Å². The van der Waals surface area contributed by atoms with Gasteiger partial charge in [-0.05, 0) is 27.3 Å². The molecule has 3 nitrogen and oxygen atoms in total. The summed E-state index contributed by atoms with van der Waals surface area (Å²) in [5, 5.41) is 3.31. The first-order chi connectivity index (χ1) is 6.89. The molecule has 1 aromatic heterocycles. The van der Waals surface area contributed by atoms with Gasteiger partial charge in [-0.15, -0.1) is 0 Å². The van der Waals surface area contributed by atoms with E-state index in [4.69, 9.17) is 0 Å². The van der Waals surface area contributed by atoms with Crippen LogP contribution in [0.25, 0.3) is 0 Å². The van der Waals surface area contributed by atoms with Crippen molar-refractivity contribution >= 4 is 21.7 Å². The third kappa shape index (κ3) is 4.16. The molecule has 1 rings (SSSR count). The minimum absolute atomic E-state index is 0.317. The average molecular weight is 272 g/mol. The van der Waals surface area contributed by atoms with E-state index in [1.807, 2.05) is 6.07 Å². The Kier molecular flexibility index (Phi) is 4.08. The Morgan fingerprint density at radius 3 is 2.60 bits per heavy atom. The van der Waals surface area contributed by atoms with Gasteiger partial charge in [0.2, 0.25) is 0 Å². The van der Waals surface area contributed by atoms with Crippen LogP contribution in [0.1, 0.15) is 27.7 Å². The van der Waals surface area contributed by atoms with Crippen LogP contribution in [0, 0.1) is 11.3 Å². The number of nitrogens with one attached hydrogen (secondary N) is 1. The quantitative estimate of drug-likeness (QED) is 0.857. The molecule has 1 heterocycles. The van der Waals surface area contributed by atoms with E-state index in [-0.39, 0.29) is 0 Å². The van der Waals surface area contributed by atoms with Gasteiger partial charge in [-0.2, -0.15) is 0 Å². The van der Waals surface area contributed by atoms with Crippen LogP contribution in [0.5, 0.6) is 0 Å². The highest BCUT2D eigenvalue weighted by Gasteiger charge is 2.19. The van der Waals surface area contributed by atoms with E-state index >= 15 is 0 Å². The molecule has 0 aromatic carbocycles. The van der Waals surface area contributed by atoms with Gasteiger partial charge in [0.05, 0.1) is 0 Å². The Balaban J connectivity index is 2.51. The van der Waals surface area contributed by atoms with Crippen molar-refractivity contribution in [1.29, 1.82) is 0 Å². The molecule has 1 N–H and O–H groups in total. The molecule has 15 heavy (non-hydrogen) atoms. The molecular weight excluding hydrogens is 254 g/mol. The first-order valence-electron chi connectivity index (χ1n) is 5.11. The van der Waals surface area contributed by atoms with Crippen LogP contribution in [0.4, 0.5) is 5.82 Å². The van der Waals surface area contributed by atoms with E-state index in [9.17, 15) is 0 Å². The number of halogens is 1. The van der Waals surface area contributed by atoms with Gasteiger partial charge in [-0.3, -0.25) is 0 Å². The predicted molar refractivity (Wildman–Crippen MR) is 66.8 cm³/mol. The highest BCUT2D eigenvalue weighted by molar-refractivity contribution is 9.10. The fourth-order valence-electron chi connectivity index (χ4n) is 0.994. The summed E-state index contributed by atoms with van der Waals surface area (Å²) in [4.78, 5) is 8.12. The van der Waals surface area contributed by atoms with E-state index in [2.05, 4.69) is 58.9 Å². The predicted octanol–water partition coefficient (Wildman–Crippen LogP) is 3.33. The highest BCUT2D eigenvalue weighted by Crippen LogP contribution is 2.25. The summed E-state index contributed by atoms with van der Waals surface area (Å²) in [5.74, 6) is 1.46. The van der Waals surface area contributed by atoms with Crippen LogP contribution in [0.15, 0.2) is 17.0 Å². The second-order valence-electron chi connectivity index (χ2n) is 4.87. The third-order valence-electron chi connectivity index (χ3n) is 2.70. The minimum Gasteiger partial charge on any atom is -0.370 e. The number of rotatable bonds is 3. The normalized spacial score (nSPS) is 13.7. The van der Waals surface area contributed by atoms with Gasteiger partial charge in [0.15, 0.2) is 0 Å². The van der Waals surface area contributed by atoms with Crippen molar-refractivity contribution in [3.8, 4) is 0 Å². The minimum atomic E-state index is 0.317. The number of anilines is 1. The van der Waals surface area contributed by atoms with Crippen LogP contribution in [0.3, 0.4) is 0 Å². The standard InChI is InChI=1S/C11H18BrN3/c1-8(11(2,3)4)6-13-10-5-9(12)14-7-15-10/h5,7-8H,6H2,1-4H3,(H,13,14,15). The molecular formula is C11H18BrN3. The maximum absolute atomic E-state index is 4.14. The number of hydrogen-bond donors (Lipinski definition) is 1. The molecule has 0 fully saturated rings. The molecule has 0 amide bonds. The molecule has 0 aliphatic heterocycles. The maximum Gasteiger partial charge on any atom is 0.130 e. The van der Waals surface area contributed by atoms with Crippen LogP contribution in [0.2, 0.25) is 0 Å². The lowest BCUT2D eigenvalue weighted by Gasteiger charge is -2.27. The zero-order valence-electron chi connectivity index (χ0n) is 9.71. The van der Waals surface area contributed by atoms with Crippen molar-refractivity contribution in [2.45, 2.75) is 27.7 Å². The third-order valence-corrected chi connectivity index (χ3v) is 3.14. The van der Waals surface area contributed by atoms with Gasteiger partial charge in [0.1, 0.15) is 16.7 Å². The molecule has 0 spiro atoms. The second-order valence-corrected chi connectivity index (χ2v) is 5.69. The lowest BCUT2D eigenvalue weighted by molar-refractivity contribution is 0.274. The summed E-state index contributed by atoms with van der Waals surface area (Å²) >= 11 is 3.32. The molecule has 1 unspecified atom stereocenters. The molecule has 1 atom stereocenters. The van der Waals surface area contributed by atoms with Gasteiger partial charge in [0, 0.05) is 12.6 Å². The van der Waals surface area contributed by atoms with Gasteiger partial charge < -0.3 is 5.32 Å². The first kappa shape index (κ1) is 12.4. The Morgan fingerprint density at radius 2 is 2.07 bits per heavy atom. The van der Waals surface area contributed by atoms with Gasteiger partial charge in [0.25, 0.3) is 0 Å². The molecule has 0 aliphatic carbocycles. The zero-order chi connectivity index (χ0) is 11.5. The lowest BCUT2D eigenvalue weighted by Crippen LogP contribution is -2.25. The smallest absolute Gasteiger partial charge is 0.130 e. The van der Waals surface area contributed by atoms with Crippen LogP contribution >= 0.6 is 15.9 Å². The van der Waals surface area contributed by atoms with Gasteiger partial charge in [-0.25, -0.2) is 9.97 Å². The Hall–Kier alpha value is -0.640. The number of hydrogen-bond acceptors (Lipinski definition) is 3. The Morgan fingerprint density at radius 1 is 1.40 bits per heavy atom. The monoisotopic (exact) mass is 271 g/mol. The summed E-state index contributed by atoms with van der Waals surface area (Å²) in [5.41, 5.74) is 0.317. The largest absolute Gasteiger partial charge is 0.370 e. The molecule has 0 aliphatic rings. The van der Waals surface area contributed by atoms with Crippen LogP contribution in [-0.4, -0.2) is 16.5 Å². The summed E-state index contributed by atoms with van der Waals surface area (Å²) in [6.07, 6.45) is 1.55. The van der Waals surface area contributed by atoms with Crippen molar-refractivity contribution in [1.82, 2.24) is 9.97 Å². The summed E-state index contributed by atoms with van der Waals surface area (Å²) in [6.45, 7) is 9.90. The van der Waals surface area contributed by atoms with Crippen molar-refractivity contribution in [3.63, 3.8) is 0 Å². The Labute approximate surface area is 99.8 Å². The van der Waals surface area contributed by atoms with Crippen LogP contribution < -0.4 is 5.32 Å². The Bertz CT molecular complexity index is 320. The van der Waals surface area contributed by atoms with Gasteiger partial charge >= 0.3 is 0 Å². The first-order valence-corrected chi connectivity index (χ1v) is 5.90. The lowest BCUT2D eigenvalue weighted by atomic mass is 9.82. The van der Waals surface area contributed by atoms with E-state index in [0.717, 1.165) is 17.0 Å². The molecule has 0 saturated heterocycles. The van der Waals surface area contributed by atoms with Crippen molar-refractivity contribution < 1.29 is 0 Å². The van der Waals surface area contributed by atoms with E-state index < -0.39 is 0 Å². The van der Waals surface area contributed by atoms with Crippen molar-refractivity contribution in [2.24, 2.45) is 11.3 Å². The van der Waals surface area contributed by atoms with E-state index in [0.29, 0.717) is 11.3 Å². The van der Waals surface area contributed by atoms with Crippen LogP contribution in [-0.2, 0) is 0 Å². The maximum atomic E-state index is 4.14. The molecule has 0 saturated carbocycles. The topological polar surface area (TPSA) is 37.8 Å². The number of nitrogens with zero attached hydrogens (tertiary/aromatic N) is 2.